The minimum Gasteiger partial charge on any atom is -0.496 e. The first-order valence-corrected chi connectivity index (χ1v) is 11.7. The Kier molecular flexibility index (Phi) is 7.32. The Labute approximate surface area is 202 Å². The third-order valence-electron chi connectivity index (χ3n) is 5.22. The number of carbonyl (C=O) groups excluding carboxylic acids is 1. The second kappa shape index (κ2) is 10.6. The SMILES string of the molecule is COc1ccc(Cl)cc1-c1nc(SCC(=O)N(C)C(c2ccccc2)c2ccccc2)n[nH]1. The van der Waals surface area contributed by atoms with Gasteiger partial charge in [0.15, 0.2) is 5.82 Å². The molecular formula is C25H23ClN4O2S. The highest BCUT2D eigenvalue weighted by Crippen LogP contribution is 2.32. The topological polar surface area (TPSA) is 71.1 Å². The van der Waals surface area contributed by atoms with Crippen LogP contribution in [0.2, 0.25) is 5.02 Å². The number of aromatic amines is 1. The van der Waals surface area contributed by atoms with E-state index in [1.54, 1.807) is 30.2 Å². The van der Waals surface area contributed by atoms with Crippen LogP contribution in [0, 0.1) is 0 Å². The van der Waals surface area contributed by atoms with Crippen molar-refractivity contribution in [3.05, 3.63) is 95.0 Å². The molecule has 0 aliphatic heterocycles. The summed E-state index contributed by atoms with van der Waals surface area (Å²) < 4.78 is 5.39. The molecule has 0 saturated carbocycles. The van der Waals surface area contributed by atoms with Crippen LogP contribution in [0.1, 0.15) is 17.2 Å². The van der Waals surface area contributed by atoms with E-state index in [0.29, 0.717) is 27.3 Å². The van der Waals surface area contributed by atoms with Gasteiger partial charge in [-0.2, -0.15) is 0 Å². The molecule has 33 heavy (non-hydrogen) atoms. The molecular weight excluding hydrogens is 456 g/mol. The molecule has 8 heteroatoms. The summed E-state index contributed by atoms with van der Waals surface area (Å²) in [7, 11) is 3.41. The number of ether oxygens (including phenoxy) is 1. The molecule has 3 aromatic carbocycles. The summed E-state index contributed by atoms with van der Waals surface area (Å²) in [4.78, 5) is 19.4. The van der Waals surface area contributed by atoms with Crippen molar-refractivity contribution in [1.82, 2.24) is 20.1 Å². The highest BCUT2D eigenvalue weighted by Gasteiger charge is 2.24. The van der Waals surface area contributed by atoms with Crippen molar-refractivity contribution in [2.45, 2.75) is 11.2 Å². The maximum atomic E-state index is 13.1. The summed E-state index contributed by atoms with van der Waals surface area (Å²) in [5.74, 6) is 1.35. The molecule has 0 aliphatic carbocycles. The van der Waals surface area contributed by atoms with Crippen molar-refractivity contribution >= 4 is 29.3 Å². The number of hydrogen-bond acceptors (Lipinski definition) is 5. The molecule has 0 unspecified atom stereocenters. The smallest absolute Gasteiger partial charge is 0.233 e. The fourth-order valence-corrected chi connectivity index (χ4v) is 4.47. The van der Waals surface area contributed by atoms with Crippen molar-refractivity contribution in [2.24, 2.45) is 0 Å². The molecule has 0 bridgehead atoms. The molecule has 0 saturated heterocycles. The molecule has 4 aromatic rings. The molecule has 0 radical (unpaired) electrons. The second-order valence-electron chi connectivity index (χ2n) is 7.33. The molecule has 6 nitrogen and oxygen atoms in total. The van der Waals surface area contributed by atoms with Crippen LogP contribution in [0.15, 0.2) is 84.0 Å². The van der Waals surface area contributed by atoms with Crippen molar-refractivity contribution in [3.63, 3.8) is 0 Å². The van der Waals surface area contributed by atoms with Gasteiger partial charge in [0.05, 0.1) is 24.5 Å². The van der Waals surface area contributed by atoms with E-state index in [1.165, 1.54) is 11.8 Å². The molecule has 1 N–H and O–H groups in total. The fourth-order valence-electron chi connectivity index (χ4n) is 3.58. The van der Waals surface area contributed by atoms with E-state index in [9.17, 15) is 4.79 Å². The molecule has 1 aromatic heterocycles. The predicted octanol–water partition coefficient (Wildman–Crippen LogP) is 5.47. The first-order chi connectivity index (χ1) is 16.1. The quantitative estimate of drug-likeness (QED) is 0.340. The molecule has 0 fully saturated rings. The van der Waals surface area contributed by atoms with Gasteiger partial charge in [-0.3, -0.25) is 9.89 Å². The van der Waals surface area contributed by atoms with Gasteiger partial charge in [0, 0.05) is 12.1 Å². The average molecular weight is 479 g/mol. The summed E-state index contributed by atoms with van der Waals surface area (Å²) in [6.45, 7) is 0. The highest BCUT2D eigenvalue weighted by molar-refractivity contribution is 7.99. The Bertz CT molecular complexity index is 1180. The number of halogens is 1. The average Bonchev–Trinajstić information content (AvgIpc) is 3.33. The van der Waals surface area contributed by atoms with E-state index in [-0.39, 0.29) is 17.7 Å². The number of amides is 1. The Morgan fingerprint density at radius 2 is 1.70 bits per heavy atom. The zero-order valence-corrected chi connectivity index (χ0v) is 19.8. The molecule has 0 atom stereocenters. The van der Waals surface area contributed by atoms with Crippen LogP contribution in [0.25, 0.3) is 11.4 Å². The number of hydrogen-bond donors (Lipinski definition) is 1. The summed E-state index contributed by atoms with van der Waals surface area (Å²) in [6, 6.07) is 25.1. The number of nitrogens with one attached hydrogen (secondary N) is 1. The third kappa shape index (κ3) is 5.38. The van der Waals surface area contributed by atoms with Gasteiger partial charge in [-0.25, -0.2) is 4.98 Å². The molecule has 0 spiro atoms. The molecule has 4 rings (SSSR count). The number of methoxy groups -OCH3 is 1. The minimum absolute atomic E-state index is 0.0237. The Hall–Kier alpha value is -3.29. The number of nitrogens with zero attached hydrogens (tertiary/aromatic N) is 3. The zero-order chi connectivity index (χ0) is 23.2. The monoisotopic (exact) mass is 478 g/mol. The summed E-state index contributed by atoms with van der Waals surface area (Å²) in [5, 5.41) is 8.20. The third-order valence-corrected chi connectivity index (χ3v) is 6.28. The van der Waals surface area contributed by atoms with Gasteiger partial charge < -0.3 is 9.64 Å². The van der Waals surface area contributed by atoms with Crippen molar-refractivity contribution in [1.29, 1.82) is 0 Å². The first kappa shape index (κ1) is 22.9. The van der Waals surface area contributed by atoms with Gasteiger partial charge >= 0.3 is 0 Å². The zero-order valence-electron chi connectivity index (χ0n) is 18.2. The van der Waals surface area contributed by atoms with E-state index in [1.807, 2.05) is 67.7 Å². The first-order valence-electron chi connectivity index (χ1n) is 10.3. The molecule has 0 aliphatic rings. The van der Waals surface area contributed by atoms with Gasteiger partial charge in [-0.1, -0.05) is 84.0 Å². The second-order valence-corrected chi connectivity index (χ2v) is 8.71. The number of carbonyl (C=O) groups is 1. The standard InChI is InChI=1S/C25H23ClN4O2S/c1-30(23(17-9-5-3-6-10-17)18-11-7-4-8-12-18)22(31)16-33-25-27-24(28-29-25)20-15-19(26)13-14-21(20)32-2/h3-15,23H,16H2,1-2H3,(H,27,28,29). The lowest BCUT2D eigenvalue weighted by atomic mass is 9.97. The van der Waals surface area contributed by atoms with E-state index >= 15 is 0 Å². The Balaban J connectivity index is 1.49. The minimum atomic E-state index is -0.182. The van der Waals surface area contributed by atoms with Crippen LogP contribution in [0.3, 0.4) is 0 Å². The predicted molar refractivity (Wildman–Crippen MR) is 132 cm³/mol. The van der Waals surface area contributed by atoms with Crippen LogP contribution in [0.5, 0.6) is 5.75 Å². The lowest BCUT2D eigenvalue weighted by Gasteiger charge is -2.29. The number of thioether (sulfide) groups is 1. The van der Waals surface area contributed by atoms with E-state index in [0.717, 1.165) is 11.1 Å². The van der Waals surface area contributed by atoms with Gasteiger partial charge in [0.1, 0.15) is 5.75 Å². The molecule has 168 valence electrons. The van der Waals surface area contributed by atoms with Crippen molar-refractivity contribution in [2.75, 3.05) is 19.9 Å². The Morgan fingerprint density at radius 3 is 2.30 bits per heavy atom. The summed E-state index contributed by atoms with van der Waals surface area (Å²) in [5.41, 5.74) is 2.82. The maximum Gasteiger partial charge on any atom is 0.233 e. The summed E-state index contributed by atoms with van der Waals surface area (Å²) in [6.07, 6.45) is 0. The molecule has 1 heterocycles. The van der Waals surface area contributed by atoms with E-state index < -0.39 is 0 Å². The fraction of sp³-hybridized carbons (Fsp3) is 0.160. The maximum absolute atomic E-state index is 13.1. The summed E-state index contributed by atoms with van der Waals surface area (Å²) >= 11 is 7.41. The Morgan fingerprint density at radius 1 is 1.06 bits per heavy atom. The van der Waals surface area contributed by atoms with Crippen molar-refractivity contribution < 1.29 is 9.53 Å². The van der Waals surface area contributed by atoms with Gasteiger partial charge in [0.25, 0.3) is 0 Å². The lowest BCUT2D eigenvalue weighted by Crippen LogP contribution is -2.33. The normalized spacial score (nSPS) is 10.9. The lowest BCUT2D eigenvalue weighted by molar-refractivity contribution is -0.128. The molecule has 1 amide bonds. The number of aromatic nitrogens is 3. The van der Waals surface area contributed by atoms with Crippen LogP contribution in [0.4, 0.5) is 0 Å². The van der Waals surface area contributed by atoms with Gasteiger partial charge in [-0.15, -0.1) is 5.10 Å². The van der Waals surface area contributed by atoms with Gasteiger partial charge in [-0.05, 0) is 29.3 Å². The van der Waals surface area contributed by atoms with E-state index in [2.05, 4.69) is 15.2 Å². The highest BCUT2D eigenvalue weighted by atomic mass is 35.5. The van der Waals surface area contributed by atoms with Crippen LogP contribution < -0.4 is 4.74 Å². The number of rotatable bonds is 8. The van der Waals surface area contributed by atoms with Crippen LogP contribution in [-0.4, -0.2) is 45.9 Å². The van der Waals surface area contributed by atoms with E-state index in [4.69, 9.17) is 16.3 Å². The van der Waals surface area contributed by atoms with Gasteiger partial charge in [0.2, 0.25) is 11.1 Å². The largest absolute Gasteiger partial charge is 0.496 e. The van der Waals surface area contributed by atoms with Crippen LogP contribution >= 0.6 is 23.4 Å². The van der Waals surface area contributed by atoms with Crippen molar-refractivity contribution in [3.8, 4) is 17.1 Å². The van der Waals surface area contributed by atoms with Crippen LogP contribution in [-0.2, 0) is 4.79 Å². The number of H-pyrrole nitrogens is 1. The number of benzene rings is 3.